The Bertz CT molecular complexity index is 946. The number of nitrogens with two attached hydrogens (primary N) is 1. The lowest BCUT2D eigenvalue weighted by Gasteiger charge is -2.14. The van der Waals surface area contributed by atoms with Gasteiger partial charge in [-0.25, -0.2) is 9.37 Å². The van der Waals surface area contributed by atoms with E-state index in [2.05, 4.69) is 28.7 Å². The van der Waals surface area contributed by atoms with Crippen LogP contribution in [0.1, 0.15) is 25.5 Å². The van der Waals surface area contributed by atoms with E-state index >= 15 is 0 Å². The van der Waals surface area contributed by atoms with E-state index in [4.69, 9.17) is 5.73 Å². The molecule has 0 aliphatic heterocycles. The molecule has 130 valence electrons. The van der Waals surface area contributed by atoms with Crippen LogP contribution in [-0.2, 0) is 4.79 Å². The number of nitrogens with zero attached hydrogens (tertiary/aromatic N) is 2. The third kappa shape index (κ3) is 3.25. The monoisotopic (exact) mass is 340 g/mol. The predicted octanol–water partition coefficient (Wildman–Crippen LogP) is 3.63. The van der Waals surface area contributed by atoms with Crippen molar-refractivity contribution in [2.75, 3.05) is 11.9 Å². The first-order valence-electron chi connectivity index (χ1n) is 8.19. The lowest BCUT2D eigenvalue weighted by molar-refractivity contribution is -0.114. The molecule has 1 aromatic heterocycles. The van der Waals surface area contributed by atoms with Crippen LogP contribution < -0.4 is 11.1 Å². The summed E-state index contributed by atoms with van der Waals surface area (Å²) in [5, 5.41) is 2.77. The van der Waals surface area contributed by atoms with Gasteiger partial charge in [0.15, 0.2) is 0 Å². The van der Waals surface area contributed by atoms with E-state index in [9.17, 15) is 9.18 Å². The molecular formula is C19H21FN4O. The van der Waals surface area contributed by atoms with Crippen LogP contribution in [0.15, 0.2) is 36.4 Å². The molecule has 0 fully saturated rings. The first-order chi connectivity index (χ1) is 11.9. The van der Waals surface area contributed by atoms with Crippen LogP contribution in [-0.4, -0.2) is 22.0 Å². The number of fused-ring (bicyclic) bond motifs is 1. The summed E-state index contributed by atoms with van der Waals surface area (Å²) in [6, 6.07) is 10.5. The van der Waals surface area contributed by atoms with Gasteiger partial charge in [0.2, 0.25) is 5.91 Å². The highest BCUT2D eigenvalue weighted by Gasteiger charge is 2.16. The van der Waals surface area contributed by atoms with Gasteiger partial charge in [0.25, 0.3) is 0 Å². The first kappa shape index (κ1) is 17.1. The second-order valence-electron chi connectivity index (χ2n) is 6.31. The summed E-state index contributed by atoms with van der Waals surface area (Å²) in [5.74, 6) is 0.236. The highest BCUT2D eigenvalue weighted by molar-refractivity contribution is 5.93. The average Bonchev–Trinajstić information content (AvgIpc) is 2.95. The number of anilines is 1. The zero-order valence-electron chi connectivity index (χ0n) is 14.5. The van der Waals surface area contributed by atoms with E-state index in [0.717, 1.165) is 28.2 Å². The zero-order chi connectivity index (χ0) is 18.1. The first-order valence-corrected chi connectivity index (χ1v) is 8.19. The standard InChI is InChI=1S/C19H21FN4O/c1-11(2)24-17-7-5-14(20)9-16(17)23-19(24)13-4-6-15(12(3)8-13)22-18(25)10-21/h4-9,11H,10,21H2,1-3H3,(H,22,25). The SMILES string of the molecule is Cc1cc(-c2nc3cc(F)ccc3n2C(C)C)ccc1NC(=O)CN. The average molecular weight is 340 g/mol. The number of carbonyl (C=O) groups is 1. The summed E-state index contributed by atoms with van der Waals surface area (Å²) >= 11 is 0. The molecule has 6 heteroatoms. The summed E-state index contributed by atoms with van der Waals surface area (Å²) in [7, 11) is 0. The van der Waals surface area contributed by atoms with Crippen molar-refractivity contribution in [3.8, 4) is 11.4 Å². The molecule has 0 bridgehead atoms. The van der Waals surface area contributed by atoms with Gasteiger partial charge in [-0.3, -0.25) is 4.79 Å². The number of halogens is 1. The van der Waals surface area contributed by atoms with Crippen molar-refractivity contribution in [1.29, 1.82) is 0 Å². The lowest BCUT2D eigenvalue weighted by Crippen LogP contribution is -2.22. The molecule has 0 atom stereocenters. The summed E-state index contributed by atoms with van der Waals surface area (Å²) in [4.78, 5) is 16.1. The highest BCUT2D eigenvalue weighted by atomic mass is 19.1. The van der Waals surface area contributed by atoms with Gasteiger partial charge in [0, 0.05) is 23.4 Å². The molecule has 0 saturated carbocycles. The van der Waals surface area contributed by atoms with Gasteiger partial charge in [-0.15, -0.1) is 0 Å². The molecule has 0 spiro atoms. The van der Waals surface area contributed by atoms with E-state index in [-0.39, 0.29) is 24.3 Å². The number of imidazole rings is 1. The molecule has 1 heterocycles. The Labute approximate surface area is 145 Å². The highest BCUT2D eigenvalue weighted by Crippen LogP contribution is 2.30. The summed E-state index contributed by atoms with van der Waals surface area (Å²) in [6.07, 6.45) is 0. The van der Waals surface area contributed by atoms with Crippen LogP contribution in [0.5, 0.6) is 0 Å². The normalized spacial score (nSPS) is 11.3. The van der Waals surface area contributed by atoms with Crippen LogP contribution in [0.2, 0.25) is 0 Å². The van der Waals surface area contributed by atoms with Crippen molar-refractivity contribution < 1.29 is 9.18 Å². The minimum absolute atomic E-state index is 0.0596. The minimum Gasteiger partial charge on any atom is -0.325 e. The van der Waals surface area contributed by atoms with Crippen molar-refractivity contribution in [3.63, 3.8) is 0 Å². The van der Waals surface area contributed by atoms with Gasteiger partial charge in [0.05, 0.1) is 17.6 Å². The van der Waals surface area contributed by atoms with Gasteiger partial charge >= 0.3 is 0 Å². The fourth-order valence-electron chi connectivity index (χ4n) is 2.94. The third-order valence-corrected chi connectivity index (χ3v) is 4.11. The fourth-order valence-corrected chi connectivity index (χ4v) is 2.94. The van der Waals surface area contributed by atoms with E-state index < -0.39 is 0 Å². The topological polar surface area (TPSA) is 72.9 Å². The molecule has 0 unspecified atom stereocenters. The number of hydrogen-bond acceptors (Lipinski definition) is 3. The van der Waals surface area contributed by atoms with Crippen LogP contribution >= 0.6 is 0 Å². The predicted molar refractivity (Wildman–Crippen MR) is 97.9 cm³/mol. The van der Waals surface area contributed by atoms with Gasteiger partial charge in [-0.2, -0.15) is 0 Å². The number of aromatic nitrogens is 2. The molecule has 1 amide bonds. The second kappa shape index (κ2) is 6.64. The van der Waals surface area contributed by atoms with Crippen LogP contribution in [0.25, 0.3) is 22.4 Å². The molecule has 0 aliphatic carbocycles. The van der Waals surface area contributed by atoms with E-state index in [0.29, 0.717) is 5.52 Å². The Balaban J connectivity index is 2.11. The van der Waals surface area contributed by atoms with Crippen molar-refractivity contribution in [1.82, 2.24) is 9.55 Å². The maximum absolute atomic E-state index is 13.6. The molecule has 3 aromatic rings. The Kier molecular flexibility index (Phi) is 4.55. The second-order valence-corrected chi connectivity index (χ2v) is 6.31. The number of rotatable bonds is 4. The van der Waals surface area contributed by atoms with Crippen molar-refractivity contribution in [3.05, 3.63) is 47.8 Å². The number of aryl methyl sites for hydroxylation is 1. The fraction of sp³-hybridized carbons (Fsp3) is 0.263. The Morgan fingerprint density at radius 3 is 2.68 bits per heavy atom. The number of hydrogen-bond donors (Lipinski definition) is 2. The van der Waals surface area contributed by atoms with Gasteiger partial charge < -0.3 is 15.6 Å². The maximum atomic E-state index is 13.6. The molecule has 3 N–H and O–H groups in total. The molecule has 0 radical (unpaired) electrons. The molecule has 5 nitrogen and oxygen atoms in total. The van der Waals surface area contributed by atoms with E-state index in [1.165, 1.54) is 12.1 Å². The summed E-state index contributed by atoms with van der Waals surface area (Å²) < 4.78 is 15.6. The summed E-state index contributed by atoms with van der Waals surface area (Å²) in [5.41, 5.74) is 9.40. The summed E-state index contributed by atoms with van der Waals surface area (Å²) in [6.45, 7) is 5.99. The zero-order valence-corrected chi connectivity index (χ0v) is 14.5. The van der Waals surface area contributed by atoms with Crippen LogP contribution in [0.3, 0.4) is 0 Å². The molecule has 0 aliphatic rings. The van der Waals surface area contributed by atoms with Gasteiger partial charge in [0.1, 0.15) is 11.6 Å². The van der Waals surface area contributed by atoms with Crippen molar-refractivity contribution in [2.45, 2.75) is 26.8 Å². The molecule has 25 heavy (non-hydrogen) atoms. The Morgan fingerprint density at radius 2 is 2.04 bits per heavy atom. The van der Waals surface area contributed by atoms with Crippen molar-refractivity contribution >= 4 is 22.6 Å². The minimum atomic E-state index is -0.302. The Morgan fingerprint density at radius 1 is 1.28 bits per heavy atom. The van der Waals surface area contributed by atoms with Gasteiger partial charge in [-0.05, 0) is 56.7 Å². The molecule has 3 rings (SSSR count). The number of benzene rings is 2. The van der Waals surface area contributed by atoms with E-state index in [1.54, 1.807) is 6.07 Å². The number of carbonyl (C=O) groups excluding carboxylic acids is 1. The van der Waals surface area contributed by atoms with Crippen LogP contribution in [0, 0.1) is 12.7 Å². The largest absolute Gasteiger partial charge is 0.325 e. The molecular weight excluding hydrogens is 319 g/mol. The lowest BCUT2D eigenvalue weighted by atomic mass is 10.1. The third-order valence-electron chi connectivity index (χ3n) is 4.11. The molecule has 0 saturated heterocycles. The Hall–Kier alpha value is -2.73. The van der Waals surface area contributed by atoms with Crippen molar-refractivity contribution in [2.24, 2.45) is 5.73 Å². The van der Waals surface area contributed by atoms with Gasteiger partial charge in [-0.1, -0.05) is 0 Å². The number of amides is 1. The molecule has 2 aromatic carbocycles. The van der Waals surface area contributed by atoms with E-state index in [1.807, 2.05) is 25.1 Å². The smallest absolute Gasteiger partial charge is 0.238 e. The number of nitrogens with one attached hydrogen (secondary N) is 1. The quantitative estimate of drug-likeness (QED) is 0.762. The van der Waals surface area contributed by atoms with Crippen LogP contribution in [0.4, 0.5) is 10.1 Å². The maximum Gasteiger partial charge on any atom is 0.238 e.